The Kier molecular flexibility index (Phi) is 4.50. The van der Waals surface area contributed by atoms with Crippen LogP contribution in [0.15, 0.2) is 30.3 Å². The molecule has 0 amide bonds. The van der Waals surface area contributed by atoms with Gasteiger partial charge in [-0.2, -0.15) is 0 Å². The maximum atomic E-state index is 10.3. The molecule has 124 valence electrons. The van der Waals surface area contributed by atoms with E-state index in [4.69, 9.17) is 0 Å². The molecule has 1 heterocycles. The maximum absolute atomic E-state index is 10.3. The first-order valence-electron chi connectivity index (χ1n) is 8.31. The van der Waals surface area contributed by atoms with E-state index >= 15 is 0 Å². The Morgan fingerprint density at radius 3 is 2.48 bits per heavy atom. The topological polar surface area (TPSA) is 54.2 Å². The predicted octanol–water partition coefficient (Wildman–Crippen LogP) is 2.69. The van der Waals surface area contributed by atoms with Crippen LogP contribution in [-0.2, 0) is 13.1 Å². The fourth-order valence-corrected chi connectivity index (χ4v) is 3.09. The van der Waals surface area contributed by atoms with Crippen LogP contribution in [0.25, 0.3) is 0 Å². The van der Waals surface area contributed by atoms with Crippen molar-refractivity contribution in [3.05, 3.63) is 47.5 Å². The van der Waals surface area contributed by atoms with Crippen LogP contribution in [-0.4, -0.2) is 36.9 Å². The molecule has 0 bridgehead atoms. The van der Waals surface area contributed by atoms with Gasteiger partial charge in [-0.1, -0.05) is 30.3 Å². The van der Waals surface area contributed by atoms with E-state index in [0.717, 1.165) is 18.2 Å². The van der Waals surface area contributed by atoms with Gasteiger partial charge in [-0.15, -0.1) is 10.2 Å². The maximum Gasteiger partial charge on any atom is 0.147 e. The SMILES string of the molecule is Cc1nnc(CN(Cc2ccccc2)CC(C)(C)O)n1C1CC1. The highest BCUT2D eigenvalue weighted by Gasteiger charge is 2.29. The van der Waals surface area contributed by atoms with E-state index in [0.29, 0.717) is 19.1 Å². The highest BCUT2D eigenvalue weighted by molar-refractivity contribution is 5.14. The van der Waals surface area contributed by atoms with E-state index in [1.165, 1.54) is 18.4 Å². The van der Waals surface area contributed by atoms with E-state index < -0.39 is 5.60 Å². The summed E-state index contributed by atoms with van der Waals surface area (Å²) in [5.41, 5.74) is 0.500. The molecule has 1 aromatic carbocycles. The number of aromatic nitrogens is 3. The van der Waals surface area contributed by atoms with Gasteiger partial charge in [0.25, 0.3) is 0 Å². The molecular formula is C18H26N4O. The van der Waals surface area contributed by atoms with Crippen molar-refractivity contribution in [2.75, 3.05) is 6.54 Å². The van der Waals surface area contributed by atoms with Gasteiger partial charge in [0.1, 0.15) is 11.6 Å². The first-order valence-corrected chi connectivity index (χ1v) is 8.31. The summed E-state index contributed by atoms with van der Waals surface area (Å²) in [6, 6.07) is 10.9. The van der Waals surface area contributed by atoms with Crippen molar-refractivity contribution in [1.29, 1.82) is 0 Å². The summed E-state index contributed by atoms with van der Waals surface area (Å²) in [6.45, 7) is 7.81. The van der Waals surface area contributed by atoms with E-state index in [1.54, 1.807) is 0 Å². The number of nitrogens with zero attached hydrogens (tertiary/aromatic N) is 4. The van der Waals surface area contributed by atoms with Gasteiger partial charge in [0.05, 0.1) is 12.1 Å². The minimum Gasteiger partial charge on any atom is -0.389 e. The van der Waals surface area contributed by atoms with Crippen LogP contribution in [0.5, 0.6) is 0 Å². The first kappa shape index (κ1) is 16.1. The molecule has 1 N–H and O–H groups in total. The lowest BCUT2D eigenvalue weighted by atomic mass is 10.1. The van der Waals surface area contributed by atoms with Gasteiger partial charge in [-0.05, 0) is 39.2 Å². The molecule has 2 aromatic rings. The molecule has 1 saturated carbocycles. The summed E-state index contributed by atoms with van der Waals surface area (Å²) < 4.78 is 2.27. The first-order chi connectivity index (χ1) is 10.9. The number of hydrogen-bond donors (Lipinski definition) is 1. The molecule has 0 atom stereocenters. The number of hydrogen-bond acceptors (Lipinski definition) is 4. The van der Waals surface area contributed by atoms with Gasteiger partial charge in [-0.25, -0.2) is 0 Å². The van der Waals surface area contributed by atoms with Gasteiger partial charge in [-0.3, -0.25) is 4.90 Å². The fourth-order valence-electron chi connectivity index (χ4n) is 3.09. The third-order valence-electron chi connectivity index (χ3n) is 4.07. The lowest BCUT2D eigenvalue weighted by Crippen LogP contribution is -2.38. The van der Waals surface area contributed by atoms with Crippen LogP contribution in [0.2, 0.25) is 0 Å². The second-order valence-electron chi connectivity index (χ2n) is 7.21. The number of aryl methyl sites for hydroxylation is 1. The molecule has 0 saturated heterocycles. The largest absolute Gasteiger partial charge is 0.389 e. The van der Waals surface area contributed by atoms with Crippen molar-refractivity contribution < 1.29 is 5.11 Å². The average Bonchev–Trinajstić information content (AvgIpc) is 3.23. The molecule has 1 aliphatic carbocycles. The molecule has 0 aliphatic heterocycles. The van der Waals surface area contributed by atoms with E-state index in [-0.39, 0.29) is 0 Å². The highest BCUT2D eigenvalue weighted by atomic mass is 16.3. The molecule has 3 rings (SSSR count). The van der Waals surface area contributed by atoms with Crippen molar-refractivity contribution in [2.24, 2.45) is 0 Å². The van der Waals surface area contributed by atoms with Crippen LogP contribution in [0, 0.1) is 6.92 Å². The standard InChI is InChI=1S/C18H26N4O/c1-14-19-20-17(22(14)16-9-10-16)12-21(13-18(2,3)23)11-15-7-5-4-6-8-15/h4-8,16,23H,9-13H2,1-3H3. The smallest absolute Gasteiger partial charge is 0.147 e. The molecule has 0 spiro atoms. The monoisotopic (exact) mass is 314 g/mol. The van der Waals surface area contributed by atoms with E-state index in [1.807, 2.05) is 26.8 Å². The van der Waals surface area contributed by atoms with Crippen molar-refractivity contribution in [2.45, 2.75) is 58.3 Å². The van der Waals surface area contributed by atoms with Crippen molar-refractivity contribution in [1.82, 2.24) is 19.7 Å². The summed E-state index contributed by atoms with van der Waals surface area (Å²) in [5.74, 6) is 2.00. The third kappa shape index (κ3) is 4.39. The van der Waals surface area contributed by atoms with Crippen LogP contribution in [0.3, 0.4) is 0 Å². The van der Waals surface area contributed by atoms with Crippen LogP contribution >= 0.6 is 0 Å². The third-order valence-corrected chi connectivity index (χ3v) is 4.07. The summed E-state index contributed by atoms with van der Waals surface area (Å²) >= 11 is 0. The van der Waals surface area contributed by atoms with Gasteiger partial charge in [0.2, 0.25) is 0 Å². The van der Waals surface area contributed by atoms with Crippen molar-refractivity contribution in [3.8, 4) is 0 Å². The molecule has 1 aromatic heterocycles. The zero-order chi connectivity index (χ0) is 16.4. The normalized spacial score (nSPS) is 15.3. The minimum absolute atomic E-state index is 0.570. The van der Waals surface area contributed by atoms with Crippen LogP contribution in [0.4, 0.5) is 0 Å². The van der Waals surface area contributed by atoms with Crippen molar-refractivity contribution in [3.63, 3.8) is 0 Å². The molecule has 1 aliphatic rings. The molecule has 0 unspecified atom stereocenters. The summed E-state index contributed by atoms with van der Waals surface area (Å²) in [7, 11) is 0. The zero-order valence-electron chi connectivity index (χ0n) is 14.2. The van der Waals surface area contributed by atoms with Crippen LogP contribution < -0.4 is 0 Å². The van der Waals surface area contributed by atoms with E-state index in [9.17, 15) is 5.11 Å². The van der Waals surface area contributed by atoms with Gasteiger partial charge in [0, 0.05) is 19.1 Å². The fraction of sp³-hybridized carbons (Fsp3) is 0.556. The lowest BCUT2D eigenvalue weighted by molar-refractivity contribution is 0.0294. The quantitative estimate of drug-likeness (QED) is 0.854. The molecule has 23 heavy (non-hydrogen) atoms. The Balaban J connectivity index is 1.78. The molecule has 0 radical (unpaired) electrons. The Hall–Kier alpha value is -1.72. The zero-order valence-corrected chi connectivity index (χ0v) is 14.2. The number of aliphatic hydroxyl groups is 1. The molecule has 5 nitrogen and oxygen atoms in total. The molecule has 1 fully saturated rings. The average molecular weight is 314 g/mol. The molecule has 5 heteroatoms. The number of rotatable bonds is 7. The predicted molar refractivity (Wildman–Crippen MR) is 89.9 cm³/mol. The summed E-state index contributed by atoms with van der Waals surface area (Å²) in [6.07, 6.45) is 2.44. The highest BCUT2D eigenvalue weighted by Crippen LogP contribution is 2.36. The van der Waals surface area contributed by atoms with E-state index in [2.05, 4.69) is 43.9 Å². The number of benzene rings is 1. The lowest BCUT2D eigenvalue weighted by Gasteiger charge is -2.29. The Morgan fingerprint density at radius 1 is 1.17 bits per heavy atom. The summed E-state index contributed by atoms with van der Waals surface area (Å²) in [4.78, 5) is 2.25. The van der Waals surface area contributed by atoms with Crippen LogP contribution in [0.1, 0.15) is 49.9 Å². The van der Waals surface area contributed by atoms with Gasteiger partial charge in [0.15, 0.2) is 0 Å². The second kappa shape index (κ2) is 6.42. The molecular weight excluding hydrogens is 288 g/mol. The minimum atomic E-state index is -0.742. The Labute approximate surface area is 138 Å². The summed E-state index contributed by atoms with van der Waals surface area (Å²) in [5, 5.41) is 18.9. The Morgan fingerprint density at radius 2 is 1.87 bits per heavy atom. The van der Waals surface area contributed by atoms with Gasteiger partial charge >= 0.3 is 0 Å². The second-order valence-corrected chi connectivity index (χ2v) is 7.21. The van der Waals surface area contributed by atoms with Gasteiger partial charge < -0.3 is 9.67 Å². The Bertz CT molecular complexity index is 641. The van der Waals surface area contributed by atoms with Crippen molar-refractivity contribution >= 4 is 0 Å².